The quantitative estimate of drug-likeness (QED) is 0.212. The minimum atomic E-state index is -0.880. The van der Waals surface area contributed by atoms with E-state index in [1.54, 1.807) is 0 Å². The molecule has 3 heteroatoms. The topological polar surface area (TPSA) is 49.7 Å². The van der Waals surface area contributed by atoms with Gasteiger partial charge >= 0.3 is 0 Å². The van der Waals surface area contributed by atoms with Crippen LogP contribution in [-0.4, -0.2) is 29.5 Å². The molecule has 0 aliphatic heterocycles. The Balaban J connectivity index is 1.57. The molecule has 1 unspecified atom stereocenters. The summed E-state index contributed by atoms with van der Waals surface area (Å²) in [5.74, 6) is 13.8. The highest BCUT2D eigenvalue weighted by molar-refractivity contribution is 5.52. The minimum absolute atomic E-state index is 0.0567. The summed E-state index contributed by atoms with van der Waals surface area (Å²) in [6, 6.07) is 22.3. The number of benzene rings is 3. The van der Waals surface area contributed by atoms with Crippen molar-refractivity contribution in [3.8, 4) is 29.4 Å². The standard InChI is InChI=1S/C35H40O3/c1-3-5-6-7-8-9-10-28-11-13-29(14-12-28)15-16-31-18-22-33(32(4-2)25-31)21-17-30-19-23-35(24-20-30)38-27-34(37)26-36/h11-14,18-20,22-25,34,36-37H,3-10,26-27H2,1-2H3. The monoisotopic (exact) mass is 508 g/mol. The van der Waals surface area contributed by atoms with Gasteiger partial charge in [0, 0.05) is 22.3 Å². The van der Waals surface area contributed by atoms with Gasteiger partial charge in [-0.05, 0) is 85.0 Å². The van der Waals surface area contributed by atoms with Gasteiger partial charge in [0.15, 0.2) is 0 Å². The predicted molar refractivity (Wildman–Crippen MR) is 156 cm³/mol. The second-order valence-corrected chi connectivity index (χ2v) is 9.61. The lowest BCUT2D eigenvalue weighted by molar-refractivity contribution is 0.0536. The van der Waals surface area contributed by atoms with Gasteiger partial charge in [-0.1, -0.05) is 81.8 Å². The Kier molecular flexibility index (Phi) is 12.5. The van der Waals surface area contributed by atoms with Gasteiger partial charge in [0.25, 0.3) is 0 Å². The molecule has 3 nitrogen and oxygen atoms in total. The Hall–Kier alpha value is -3.50. The number of hydrogen-bond donors (Lipinski definition) is 2. The van der Waals surface area contributed by atoms with E-state index in [2.05, 4.69) is 67.9 Å². The fourth-order valence-corrected chi connectivity index (χ4v) is 4.11. The van der Waals surface area contributed by atoms with Crippen LogP contribution in [0, 0.1) is 23.7 Å². The number of unbranched alkanes of at least 4 members (excludes halogenated alkanes) is 5. The van der Waals surface area contributed by atoms with Crippen LogP contribution in [0.3, 0.4) is 0 Å². The Morgan fingerprint density at radius 3 is 2.00 bits per heavy atom. The van der Waals surface area contributed by atoms with Crippen LogP contribution in [0.5, 0.6) is 5.75 Å². The molecule has 198 valence electrons. The molecule has 0 heterocycles. The number of rotatable bonds is 12. The van der Waals surface area contributed by atoms with Crippen LogP contribution >= 0.6 is 0 Å². The highest BCUT2D eigenvalue weighted by Gasteiger charge is 2.03. The summed E-state index contributed by atoms with van der Waals surface area (Å²) < 4.78 is 5.45. The van der Waals surface area contributed by atoms with Crippen molar-refractivity contribution in [2.24, 2.45) is 0 Å². The van der Waals surface area contributed by atoms with Gasteiger partial charge in [0.05, 0.1) is 6.61 Å². The predicted octanol–water partition coefficient (Wildman–Crippen LogP) is 6.68. The smallest absolute Gasteiger partial charge is 0.119 e. The van der Waals surface area contributed by atoms with Gasteiger partial charge in [-0.25, -0.2) is 0 Å². The number of ether oxygens (including phenoxy) is 1. The number of aryl methyl sites for hydroxylation is 2. The Labute approximate surface area is 228 Å². The molecule has 0 radical (unpaired) electrons. The third-order valence-electron chi connectivity index (χ3n) is 6.46. The molecular formula is C35H40O3. The maximum absolute atomic E-state index is 9.40. The molecule has 0 fully saturated rings. The van der Waals surface area contributed by atoms with Gasteiger partial charge in [0.2, 0.25) is 0 Å². The fourth-order valence-electron chi connectivity index (χ4n) is 4.11. The largest absolute Gasteiger partial charge is 0.491 e. The second-order valence-electron chi connectivity index (χ2n) is 9.61. The molecule has 0 amide bonds. The van der Waals surface area contributed by atoms with E-state index in [9.17, 15) is 5.11 Å². The lowest BCUT2D eigenvalue weighted by Gasteiger charge is -2.09. The first-order chi connectivity index (χ1) is 18.6. The van der Waals surface area contributed by atoms with E-state index in [4.69, 9.17) is 9.84 Å². The van der Waals surface area contributed by atoms with Crippen molar-refractivity contribution < 1.29 is 14.9 Å². The summed E-state index contributed by atoms with van der Waals surface area (Å²) in [4.78, 5) is 0. The molecule has 0 aliphatic rings. The summed E-state index contributed by atoms with van der Waals surface area (Å²) in [5, 5.41) is 18.3. The Bertz CT molecular complexity index is 1230. The van der Waals surface area contributed by atoms with Crippen LogP contribution in [0.25, 0.3) is 0 Å². The van der Waals surface area contributed by atoms with Crippen molar-refractivity contribution in [2.75, 3.05) is 13.2 Å². The van der Waals surface area contributed by atoms with Crippen LogP contribution in [-0.2, 0) is 12.8 Å². The zero-order valence-electron chi connectivity index (χ0n) is 22.8. The second kappa shape index (κ2) is 16.4. The van der Waals surface area contributed by atoms with E-state index in [-0.39, 0.29) is 13.2 Å². The van der Waals surface area contributed by atoms with E-state index < -0.39 is 6.10 Å². The molecule has 3 rings (SSSR count). The summed E-state index contributed by atoms with van der Waals surface area (Å²) in [6.45, 7) is 4.13. The highest BCUT2D eigenvalue weighted by atomic mass is 16.5. The van der Waals surface area contributed by atoms with E-state index >= 15 is 0 Å². The Morgan fingerprint density at radius 1 is 0.711 bits per heavy atom. The molecule has 38 heavy (non-hydrogen) atoms. The van der Waals surface area contributed by atoms with Crippen molar-refractivity contribution in [2.45, 2.75) is 71.3 Å². The van der Waals surface area contributed by atoms with E-state index in [0.717, 1.165) is 35.1 Å². The molecular weight excluding hydrogens is 468 g/mol. The summed E-state index contributed by atoms with van der Waals surface area (Å²) >= 11 is 0. The van der Waals surface area contributed by atoms with E-state index in [1.165, 1.54) is 49.7 Å². The molecule has 0 saturated carbocycles. The highest BCUT2D eigenvalue weighted by Crippen LogP contribution is 2.15. The van der Waals surface area contributed by atoms with Crippen molar-refractivity contribution >= 4 is 0 Å². The van der Waals surface area contributed by atoms with Gasteiger partial charge in [0.1, 0.15) is 18.5 Å². The average molecular weight is 509 g/mol. The van der Waals surface area contributed by atoms with Crippen LogP contribution in [0.2, 0.25) is 0 Å². The van der Waals surface area contributed by atoms with Gasteiger partial charge in [-0.15, -0.1) is 0 Å². The van der Waals surface area contributed by atoms with Gasteiger partial charge in [-0.2, -0.15) is 0 Å². The molecule has 3 aromatic carbocycles. The number of aliphatic hydroxyl groups excluding tert-OH is 2. The molecule has 0 spiro atoms. The molecule has 0 saturated heterocycles. The number of aliphatic hydroxyl groups is 2. The SMILES string of the molecule is CCCCCCCCc1ccc(C#Cc2ccc(C#Cc3ccc(OCC(O)CO)cc3)c(CC)c2)cc1. The summed E-state index contributed by atoms with van der Waals surface area (Å²) in [6.07, 6.45) is 9.10. The first-order valence-electron chi connectivity index (χ1n) is 13.9. The molecule has 0 bridgehead atoms. The maximum atomic E-state index is 9.40. The fraction of sp³-hybridized carbons (Fsp3) is 0.371. The lowest BCUT2D eigenvalue weighted by atomic mass is 10.0. The third-order valence-corrected chi connectivity index (χ3v) is 6.46. The minimum Gasteiger partial charge on any atom is -0.491 e. The van der Waals surface area contributed by atoms with Gasteiger partial charge in [-0.3, -0.25) is 0 Å². The molecule has 1 atom stereocenters. The molecule has 2 N–H and O–H groups in total. The first-order valence-corrected chi connectivity index (χ1v) is 13.9. The normalized spacial score (nSPS) is 11.2. The van der Waals surface area contributed by atoms with Crippen LogP contribution < -0.4 is 4.74 Å². The van der Waals surface area contributed by atoms with Gasteiger partial charge < -0.3 is 14.9 Å². The lowest BCUT2D eigenvalue weighted by Crippen LogP contribution is -2.21. The zero-order chi connectivity index (χ0) is 27.0. The maximum Gasteiger partial charge on any atom is 0.119 e. The van der Waals surface area contributed by atoms with Crippen molar-refractivity contribution in [3.63, 3.8) is 0 Å². The molecule has 0 aromatic heterocycles. The average Bonchev–Trinajstić information content (AvgIpc) is 2.96. The first kappa shape index (κ1) is 29.1. The van der Waals surface area contributed by atoms with Crippen LogP contribution in [0.15, 0.2) is 66.7 Å². The summed E-state index contributed by atoms with van der Waals surface area (Å²) in [5.41, 5.74) is 6.49. The third kappa shape index (κ3) is 10.1. The van der Waals surface area contributed by atoms with Crippen LogP contribution in [0.1, 0.15) is 85.8 Å². The van der Waals surface area contributed by atoms with Crippen molar-refractivity contribution in [3.05, 3.63) is 100 Å². The summed E-state index contributed by atoms with van der Waals surface area (Å²) in [7, 11) is 0. The molecule has 3 aromatic rings. The molecule has 0 aliphatic carbocycles. The zero-order valence-corrected chi connectivity index (χ0v) is 22.8. The number of hydrogen-bond acceptors (Lipinski definition) is 3. The van der Waals surface area contributed by atoms with Crippen molar-refractivity contribution in [1.29, 1.82) is 0 Å². The van der Waals surface area contributed by atoms with Crippen LogP contribution in [0.4, 0.5) is 0 Å². The van der Waals surface area contributed by atoms with Crippen molar-refractivity contribution in [1.82, 2.24) is 0 Å². The van der Waals surface area contributed by atoms with E-state index in [0.29, 0.717) is 5.75 Å². The Morgan fingerprint density at radius 2 is 1.32 bits per heavy atom. The van der Waals surface area contributed by atoms with E-state index in [1.807, 2.05) is 36.4 Å².